The van der Waals surface area contributed by atoms with E-state index in [9.17, 15) is 13.2 Å². The van der Waals surface area contributed by atoms with E-state index in [0.29, 0.717) is 18.9 Å². The molecule has 0 bridgehead atoms. The van der Waals surface area contributed by atoms with Crippen molar-refractivity contribution in [1.82, 2.24) is 15.5 Å². The van der Waals surface area contributed by atoms with Gasteiger partial charge in [-0.1, -0.05) is 17.8 Å². The fourth-order valence-electron chi connectivity index (χ4n) is 1.94. The minimum atomic E-state index is -2.99. The largest absolute Gasteiger partial charge is 0.416 e. The molecule has 0 saturated carbocycles. The number of nitrogens with zero attached hydrogens (tertiary/aromatic N) is 2. The topological polar surface area (TPSA) is 102 Å². The average molecular weight is 331 g/mol. The summed E-state index contributed by atoms with van der Waals surface area (Å²) < 4.78 is 28.3. The molecule has 1 aliphatic rings. The Morgan fingerprint density at radius 3 is 3.00 bits per heavy atom. The van der Waals surface area contributed by atoms with Crippen molar-refractivity contribution in [3.8, 4) is 0 Å². The van der Waals surface area contributed by atoms with Crippen LogP contribution in [0.25, 0.3) is 0 Å². The molecule has 2 heterocycles. The van der Waals surface area contributed by atoms with Crippen LogP contribution in [-0.2, 0) is 14.6 Å². The summed E-state index contributed by atoms with van der Waals surface area (Å²) in [6, 6.07) is 0. The third-order valence-electron chi connectivity index (χ3n) is 3.07. The number of hydrogen-bond acceptors (Lipinski definition) is 7. The summed E-state index contributed by atoms with van der Waals surface area (Å²) in [4.78, 5) is 11.7. The van der Waals surface area contributed by atoms with E-state index in [2.05, 4.69) is 22.1 Å². The van der Waals surface area contributed by atoms with E-state index in [1.54, 1.807) is 13.0 Å². The van der Waals surface area contributed by atoms with Crippen molar-refractivity contribution in [3.63, 3.8) is 0 Å². The van der Waals surface area contributed by atoms with E-state index < -0.39 is 9.84 Å². The molecule has 116 valence electrons. The van der Waals surface area contributed by atoms with E-state index in [-0.39, 0.29) is 33.8 Å². The maximum Gasteiger partial charge on any atom is 0.277 e. The van der Waals surface area contributed by atoms with Gasteiger partial charge < -0.3 is 9.73 Å². The number of amides is 1. The summed E-state index contributed by atoms with van der Waals surface area (Å²) in [5, 5.41) is 10.3. The molecule has 0 unspecified atom stereocenters. The van der Waals surface area contributed by atoms with Crippen LogP contribution in [0.15, 0.2) is 22.3 Å². The highest BCUT2D eigenvalue weighted by Crippen LogP contribution is 2.30. The molecule has 2 atom stereocenters. The first-order chi connectivity index (χ1) is 9.91. The van der Waals surface area contributed by atoms with Crippen LogP contribution in [-0.4, -0.2) is 47.8 Å². The quantitative estimate of drug-likeness (QED) is 0.606. The molecular weight excluding hydrogens is 314 g/mol. The third kappa shape index (κ3) is 4.31. The van der Waals surface area contributed by atoms with Gasteiger partial charge in [0.25, 0.3) is 5.22 Å². The predicted molar refractivity (Wildman–Crippen MR) is 78.8 cm³/mol. The zero-order valence-corrected chi connectivity index (χ0v) is 13.2. The Kier molecular flexibility index (Phi) is 5.04. The van der Waals surface area contributed by atoms with E-state index in [4.69, 9.17) is 4.42 Å². The minimum absolute atomic E-state index is 0.0503. The van der Waals surface area contributed by atoms with Gasteiger partial charge in [-0.25, -0.2) is 8.42 Å². The molecule has 1 N–H and O–H groups in total. The van der Waals surface area contributed by atoms with Crippen LogP contribution >= 0.6 is 11.8 Å². The first-order valence-corrected chi connectivity index (χ1v) is 9.20. The highest BCUT2D eigenvalue weighted by molar-refractivity contribution is 8.00. The Bertz CT molecular complexity index is 626. The fourth-order valence-corrected chi connectivity index (χ4v) is 4.39. The Hall–Kier alpha value is -1.35. The van der Waals surface area contributed by atoms with Crippen LogP contribution in [0.5, 0.6) is 0 Å². The van der Waals surface area contributed by atoms with Gasteiger partial charge in [-0.2, -0.15) is 0 Å². The Labute approximate surface area is 127 Å². The molecule has 7 nitrogen and oxygen atoms in total. The molecule has 0 radical (unpaired) electrons. The number of rotatable bonds is 6. The molecule has 1 fully saturated rings. The van der Waals surface area contributed by atoms with Gasteiger partial charge in [-0.3, -0.25) is 4.79 Å². The predicted octanol–water partition coefficient (Wildman–Crippen LogP) is 0.754. The molecule has 0 aliphatic carbocycles. The molecule has 9 heteroatoms. The maximum absolute atomic E-state index is 11.7. The van der Waals surface area contributed by atoms with Gasteiger partial charge >= 0.3 is 0 Å². The van der Waals surface area contributed by atoms with Gasteiger partial charge in [0.2, 0.25) is 11.8 Å². The highest BCUT2D eigenvalue weighted by Gasteiger charge is 2.33. The van der Waals surface area contributed by atoms with Crippen LogP contribution in [0.1, 0.15) is 25.2 Å². The molecule has 1 aliphatic heterocycles. The van der Waals surface area contributed by atoms with Crippen molar-refractivity contribution >= 4 is 27.5 Å². The molecule has 1 amide bonds. The van der Waals surface area contributed by atoms with Crippen LogP contribution < -0.4 is 5.32 Å². The van der Waals surface area contributed by atoms with Gasteiger partial charge in [-0.15, -0.1) is 16.8 Å². The number of nitrogens with one attached hydrogen (secondary N) is 1. The lowest BCUT2D eigenvalue weighted by molar-refractivity contribution is -0.120. The van der Waals surface area contributed by atoms with Crippen molar-refractivity contribution in [1.29, 1.82) is 0 Å². The maximum atomic E-state index is 11.7. The first-order valence-electron chi connectivity index (χ1n) is 6.50. The van der Waals surface area contributed by atoms with Crippen LogP contribution in [0.3, 0.4) is 0 Å². The molecular formula is C12H17N3O4S2. The third-order valence-corrected chi connectivity index (χ3v) is 5.77. The van der Waals surface area contributed by atoms with E-state index in [1.165, 1.54) is 0 Å². The lowest BCUT2D eigenvalue weighted by Crippen LogP contribution is -2.30. The van der Waals surface area contributed by atoms with Gasteiger partial charge in [0.1, 0.15) is 0 Å². The Balaban J connectivity index is 1.94. The molecule has 1 aromatic rings. The van der Waals surface area contributed by atoms with Gasteiger partial charge in [0.05, 0.1) is 22.7 Å². The summed E-state index contributed by atoms with van der Waals surface area (Å²) in [5.74, 6) is 0.152. The normalized spacial score (nSPS) is 21.9. The number of sulfone groups is 1. The summed E-state index contributed by atoms with van der Waals surface area (Å²) >= 11 is 1.15. The van der Waals surface area contributed by atoms with E-state index in [0.717, 1.165) is 11.8 Å². The zero-order valence-electron chi connectivity index (χ0n) is 11.6. The first kappa shape index (κ1) is 16.0. The molecule has 0 aromatic carbocycles. The van der Waals surface area contributed by atoms with Crippen LogP contribution in [0.4, 0.5) is 0 Å². The highest BCUT2D eigenvalue weighted by atomic mass is 32.2. The standard InChI is InChI=1S/C12H17N3O4S2/c1-3-5-13-10(16)8(2)20-12-15-14-11(19-12)9-4-6-21(17,18)7-9/h3,8-9H,1,4-7H2,2H3,(H,13,16)/t8-,9+/m0/s1. The lowest BCUT2D eigenvalue weighted by Gasteiger charge is -2.07. The smallest absolute Gasteiger partial charge is 0.277 e. The van der Waals surface area contributed by atoms with Crippen LogP contribution in [0.2, 0.25) is 0 Å². The van der Waals surface area contributed by atoms with Gasteiger partial charge in [0.15, 0.2) is 9.84 Å². The number of thioether (sulfide) groups is 1. The Morgan fingerprint density at radius 2 is 2.38 bits per heavy atom. The zero-order chi connectivity index (χ0) is 15.5. The fraction of sp³-hybridized carbons (Fsp3) is 0.583. The summed E-state index contributed by atoms with van der Waals surface area (Å²) in [6.45, 7) is 5.65. The van der Waals surface area contributed by atoms with Gasteiger partial charge in [0, 0.05) is 6.54 Å². The summed E-state index contributed by atoms with van der Waals surface area (Å²) in [5.41, 5.74) is 0. The summed E-state index contributed by atoms with van der Waals surface area (Å²) in [6.07, 6.45) is 2.10. The van der Waals surface area contributed by atoms with Crippen molar-refractivity contribution in [3.05, 3.63) is 18.5 Å². The SMILES string of the molecule is C=CCNC(=O)[C@H](C)Sc1nnc([C@@H]2CCS(=O)(=O)C2)o1. The number of carbonyl (C=O) groups is 1. The molecule has 0 spiro atoms. The molecule has 2 rings (SSSR count). The molecule has 1 aromatic heterocycles. The van der Waals surface area contributed by atoms with E-state index in [1.807, 2.05) is 0 Å². The van der Waals surface area contributed by atoms with E-state index >= 15 is 0 Å². The second kappa shape index (κ2) is 6.61. The minimum Gasteiger partial charge on any atom is -0.416 e. The lowest BCUT2D eigenvalue weighted by atomic mass is 10.1. The second-order valence-corrected chi connectivity index (χ2v) is 8.32. The molecule has 1 saturated heterocycles. The Morgan fingerprint density at radius 1 is 1.62 bits per heavy atom. The monoisotopic (exact) mass is 331 g/mol. The number of carbonyl (C=O) groups excluding carboxylic acids is 1. The van der Waals surface area contributed by atoms with Gasteiger partial charge in [-0.05, 0) is 13.3 Å². The molecule has 21 heavy (non-hydrogen) atoms. The second-order valence-electron chi connectivity index (χ2n) is 4.80. The van der Waals surface area contributed by atoms with Crippen molar-refractivity contribution in [2.75, 3.05) is 18.1 Å². The average Bonchev–Trinajstić information content (AvgIpc) is 3.02. The number of hydrogen-bond donors (Lipinski definition) is 1. The number of aromatic nitrogens is 2. The van der Waals surface area contributed by atoms with Crippen LogP contribution in [0, 0.1) is 0 Å². The van der Waals surface area contributed by atoms with Crippen molar-refractivity contribution in [2.24, 2.45) is 0 Å². The summed E-state index contributed by atoms with van der Waals surface area (Å²) in [7, 11) is -2.99. The van der Waals surface area contributed by atoms with Crippen molar-refractivity contribution in [2.45, 2.75) is 29.7 Å². The van der Waals surface area contributed by atoms with Crippen molar-refractivity contribution < 1.29 is 17.6 Å².